The topological polar surface area (TPSA) is 54.0 Å². The molecule has 0 spiro atoms. The molecule has 4 nitrogen and oxygen atoms in total. The Labute approximate surface area is 126 Å². The van der Waals surface area contributed by atoms with Crippen LogP contribution in [0.5, 0.6) is 0 Å². The Bertz CT molecular complexity index is 620. The van der Waals surface area contributed by atoms with Gasteiger partial charge in [0.05, 0.1) is 10.2 Å². The number of nitrogens with one attached hydrogen (secondary N) is 2. The predicted octanol–water partition coefficient (Wildman–Crippen LogP) is 4.08. The second-order valence-electron chi connectivity index (χ2n) is 4.95. The zero-order valence-electron chi connectivity index (χ0n) is 11.3. The molecule has 1 aliphatic carbocycles. The first kappa shape index (κ1) is 13.7. The molecule has 1 aromatic carbocycles. The average Bonchev–Trinajstić information content (AvgIpc) is 3.06. The standard InChI is InChI=1S/C14H17N3OS2/c1-19-14-17-11-7-6-10(8-12(11)20-14)16-13(18)15-9-4-2-3-5-9/h6-9H,2-5H2,1H3,(H2,15,16,18). The lowest BCUT2D eigenvalue weighted by atomic mass is 10.2. The lowest BCUT2D eigenvalue weighted by molar-refractivity contribution is 0.248. The maximum atomic E-state index is 11.9. The number of rotatable bonds is 3. The highest BCUT2D eigenvalue weighted by atomic mass is 32.2. The van der Waals surface area contributed by atoms with Crippen molar-refractivity contribution in [3.8, 4) is 0 Å². The van der Waals surface area contributed by atoms with E-state index in [-0.39, 0.29) is 6.03 Å². The number of thioether (sulfide) groups is 1. The van der Waals surface area contributed by atoms with E-state index in [0.717, 1.165) is 33.1 Å². The number of urea groups is 1. The quantitative estimate of drug-likeness (QED) is 0.840. The summed E-state index contributed by atoms with van der Waals surface area (Å²) in [6, 6.07) is 6.08. The van der Waals surface area contributed by atoms with Gasteiger partial charge < -0.3 is 10.6 Å². The van der Waals surface area contributed by atoms with Crippen molar-refractivity contribution in [1.82, 2.24) is 10.3 Å². The number of fused-ring (bicyclic) bond motifs is 1. The van der Waals surface area contributed by atoms with Gasteiger partial charge in [-0.1, -0.05) is 24.6 Å². The highest BCUT2D eigenvalue weighted by molar-refractivity contribution is 8.00. The minimum atomic E-state index is -0.106. The van der Waals surface area contributed by atoms with Crippen molar-refractivity contribution in [1.29, 1.82) is 0 Å². The lowest BCUT2D eigenvalue weighted by Gasteiger charge is -2.12. The smallest absolute Gasteiger partial charge is 0.319 e. The molecule has 2 amide bonds. The minimum absolute atomic E-state index is 0.106. The Balaban J connectivity index is 1.68. The van der Waals surface area contributed by atoms with Gasteiger partial charge in [0, 0.05) is 11.7 Å². The molecule has 106 valence electrons. The SMILES string of the molecule is CSc1nc2ccc(NC(=O)NC3CCCC3)cc2s1. The number of aromatic nitrogens is 1. The van der Waals surface area contributed by atoms with Gasteiger partial charge in [0.1, 0.15) is 0 Å². The van der Waals surface area contributed by atoms with Gasteiger partial charge in [-0.25, -0.2) is 9.78 Å². The molecule has 1 aliphatic rings. The summed E-state index contributed by atoms with van der Waals surface area (Å²) in [5, 5.41) is 5.94. The van der Waals surface area contributed by atoms with Crippen LogP contribution in [0.3, 0.4) is 0 Å². The van der Waals surface area contributed by atoms with Crippen LogP contribution in [0.15, 0.2) is 22.5 Å². The maximum Gasteiger partial charge on any atom is 0.319 e. The molecule has 1 aromatic heterocycles. The summed E-state index contributed by atoms with van der Waals surface area (Å²) in [5.74, 6) is 0. The van der Waals surface area contributed by atoms with E-state index in [1.54, 1.807) is 23.1 Å². The molecule has 20 heavy (non-hydrogen) atoms. The van der Waals surface area contributed by atoms with E-state index in [1.807, 2.05) is 24.5 Å². The molecular formula is C14H17N3OS2. The molecule has 0 atom stereocenters. The minimum Gasteiger partial charge on any atom is -0.335 e. The molecule has 1 fully saturated rings. The normalized spacial score (nSPS) is 15.7. The van der Waals surface area contributed by atoms with E-state index in [0.29, 0.717) is 6.04 Å². The summed E-state index contributed by atoms with van der Waals surface area (Å²) in [7, 11) is 0. The summed E-state index contributed by atoms with van der Waals surface area (Å²) in [4.78, 5) is 16.4. The average molecular weight is 307 g/mol. The molecule has 0 bridgehead atoms. The number of hydrogen-bond donors (Lipinski definition) is 2. The number of thiazole rings is 1. The van der Waals surface area contributed by atoms with Crippen molar-refractivity contribution in [2.45, 2.75) is 36.1 Å². The van der Waals surface area contributed by atoms with Crippen molar-refractivity contribution < 1.29 is 4.79 Å². The number of benzene rings is 1. The molecule has 6 heteroatoms. The number of nitrogens with zero attached hydrogens (tertiary/aromatic N) is 1. The summed E-state index contributed by atoms with van der Waals surface area (Å²) in [6.07, 6.45) is 6.65. The van der Waals surface area contributed by atoms with E-state index < -0.39 is 0 Å². The molecule has 2 aromatic rings. The monoisotopic (exact) mass is 307 g/mol. The van der Waals surface area contributed by atoms with Gasteiger partial charge in [0.15, 0.2) is 4.34 Å². The number of carbonyl (C=O) groups excluding carboxylic acids is 1. The number of amides is 2. The van der Waals surface area contributed by atoms with Gasteiger partial charge in [-0.15, -0.1) is 11.3 Å². The zero-order chi connectivity index (χ0) is 13.9. The molecule has 0 saturated heterocycles. The Hall–Kier alpha value is -1.27. The van der Waals surface area contributed by atoms with Crippen LogP contribution in [-0.4, -0.2) is 23.3 Å². The second kappa shape index (κ2) is 6.01. The van der Waals surface area contributed by atoms with Crippen molar-refractivity contribution in [3.63, 3.8) is 0 Å². The molecule has 1 saturated carbocycles. The van der Waals surface area contributed by atoms with Crippen molar-refractivity contribution in [3.05, 3.63) is 18.2 Å². The molecule has 2 N–H and O–H groups in total. The van der Waals surface area contributed by atoms with Crippen LogP contribution in [0, 0.1) is 0 Å². The van der Waals surface area contributed by atoms with Crippen LogP contribution in [0.25, 0.3) is 10.2 Å². The summed E-state index contributed by atoms with van der Waals surface area (Å²) in [6.45, 7) is 0. The predicted molar refractivity (Wildman–Crippen MR) is 85.8 cm³/mol. The van der Waals surface area contributed by atoms with E-state index in [4.69, 9.17) is 0 Å². The first-order chi connectivity index (χ1) is 9.74. The van der Waals surface area contributed by atoms with Gasteiger partial charge in [-0.3, -0.25) is 0 Å². The van der Waals surface area contributed by atoms with Gasteiger partial charge in [0.25, 0.3) is 0 Å². The molecule has 3 rings (SSSR count). The Morgan fingerprint density at radius 3 is 2.95 bits per heavy atom. The van der Waals surface area contributed by atoms with E-state index >= 15 is 0 Å². The van der Waals surface area contributed by atoms with Crippen molar-refractivity contribution in [2.75, 3.05) is 11.6 Å². The molecule has 0 radical (unpaired) electrons. The first-order valence-corrected chi connectivity index (χ1v) is 8.81. The van der Waals surface area contributed by atoms with Crippen LogP contribution in [0.1, 0.15) is 25.7 Å². The molecule has 1 heterocycles. The van der Waals surface area contributed by atoms with Crippen LogP contribution < -0.4 is 10.6 Å². The second-order valence-corrected chi connectivity index (χ2v) is 7.03. The van der Waals surface area contributed by atoms with Gasteiger partial charge in [-0.2, -0.15) is 0 Å². The third-order valence-electron chi connectivity index (χ3n) is 3.49. The first-order valence-electron chi connectivity index (χ1n) is 6.77. The number of carbonyl (C=O) groups is 1. The summed E-state index contributed by atoms with van der Waals surface area (Å²) >= 11 is 3.29. The van der Waals surface area contributed by atoms with Crippen molar-refractivity contribution in [2.24, 2.45) is 0 Å². The summed E-state index contributed by atoms with van der Waals surface area (Å²) in [5.41, 5.74) is 1.81. The zero-order valence-corrected chi connectivity index (χ0v) is 12.9. The lowest BCUT2D eigenvalue weighted by Crippen LogP contribution is -2.36. The van der Waals surface area contributed by atoms with Crippen LogP contribution in [0.4, 0.5) is 10.5 Å². The highest BCUT2D eigenvalue weighted by Crippen LogP contribution is 2.30. The fourth-order valence-electron chi connectivity index (χ4n) is 2.49. The van der Waals surface area contributed by atoms with E-state index in [2.05, 4.69) is 15.6 Å². The Morgan fingerprint density at radius 1 is 1.40 bits per heavy atom. The maximum absolute atomic E-state index is 11.9. The van der Waals surface area contributed by atoms with Gasteiger partial charge in [0.2, 0.25) is 0 Å². The van der Waals surface area contributed by atoms with Crippen molar-refractivity contribution >= 4 is 45.0 Å². The third kappa shape index (κ3) is 3.07. The molecule has 0 aliphatic heterocycles. The summed E-state index contributed by atoms with van der Waals surface area (Å²) < 4.78 is 2.15. The third-order valence-corrected chi connectivity index (χ3v) is 5.50. The van der Waals surface area contributed by atoms with Gasteiger partial charge in [-0.05, 0) is 37.3 Å². The highest BCUT2D eigenvalue weighted by Gasteiger charge is 2.17. The fourth-order valence-corrected chi connectivity index (χ4v) is 4.02. The van der Waals surface area contributed by atoms with E-state index in [1.165, 1.54) is 12.8 Å². The Morgan fingerprint density at radius 2 is 2.20 bits per heavy atom. The molecule has 0 unspecified atom stereocenters. The van der Waals surface area contributed by atoms with Crippen LogP contribution >= 0.6 is 23.1 Å². The van der Waals surface area contributed by atoms with E-state index in [9.17, 15) is 4.79 Å². The number of hydrogen-bond acceptors (Lipinski definition) is 4. The Kier molecular flexibility index (Phi) is 4.12. The van der Waals surface area contributed by atoms with Crippen LogP contribution in [-0.2, 0) is 0 Å². The molecular weight excluding hydrogens is 290 g/mol. The number of anilines is 1. The van der Waals surface area contributed by atoms with Crippen LogP contribution in [0.2, 0.25) is 0 Å². The fraction of sp³-hybridized carbons (Fsp3) is 0.429. The largest absolute Gasteiger partial charge is 0.335 e. The van der Waals surface area contributed by atoms with Gasteiger partial charge >= 0.3 is 6.03 Å².